The summed E-state index contributed by atoms with van der Waals surface area (Å²) in [5.41, 5.74) is 0.527. The fourth-order valence-corrected chi connectivity index (χ4v) is 3.62. The molecule has 1 heterocycles. The van der Waals surface area contributed by atoms with Crippen LogP contribution in [0.3, 0.4) is 0 Å². The largest absolute Gasteiger partial charge is 0.465 e. The Balaban J connectivity index is 2.06. The van der Waals surface area contributed by atoms with E-state index in [1.165, 1.54) is 25.3 Å². The molecule has 0 spiro atoms. The zero-order chi connectivity index (χ0) is 22.3. The third kappa shape index (κ3) is 6.42. The molecule has 1 aromatic heterocycles. The summed E-state index contributed by atoms with van der Waals surface area (Å²) in [4.78, 5) is 37.0. The normalized spacial score (nSPS) is 11.6. The van der Waals surface area contributed by atoms with E-state index in [1.54, 1.807) is 24.8 Å². The number of furan rings is 1. The van der Waals surface area contributed by atoms with Crippen molar-refractivity contribution in [3.63, 3.8) is 0 Å². The van der Waals surface area contributed by atoms with Crippen LogP contribution in [0.25, 0.3) is 0 Å². The number of thioether (sulfide) groups is 1. The zero-order valence-corrected chi connectivity index (χ0v) is 19.0. The van der Waals surface area contributed by atoms with E-state index in [4.69, 9.17) is 27.6 Å². The van der Waals surface area contributed by atoms with Gasteiger partial charge in [0.25, 0.3) is 5.91 Å². The van der Waals surface area contributed by atoms with Crippen LogP contribution >= 0.6 is 35.0 Å². The number of methoxy groups -OCH3 is 1. The van der Waals surface area contributed by atoms with Gasteiger partial charge in [-0.1, -0.05) is 23.2 Å². The molecule has 0 aliphatic heterocycles. The number of hydrogen-bond donors (Lipinski definition) is 2. The van der Waals surface area contributed by atoms with Gasteiger partial charge in [0.2, 0.25) is 5.91 Å². The van der Waals surface area contributed by atoms with Crippen molar-refractivity contribution in [2.45, 2.75) is 25.9 Å². The van der Waals surface area contributed by atoms with Crippen molar-refractivity contribution in [3.05, 3.63) is 57.0 Å². The first-order chi connectivity index (χ1) is 14.3. The first-order valence-corrected chi connectivity index (χ1v) is 11.1. The van der Waals surface area contributed by atoms with Crippen LogP contribution in [0.2, 0.25) is 10.0 Å². The minimum Gasteiger partial charge on any atom is -0.465 e. The summed E-state index contributed by atoms with van der Waals surface area (Å²) < 4.78 is 10.2. The number of amides is 2. The van der Waals surface area contributed by atoms with Gasteiger partial charge < -0.3 is 19.8 Å². The summed E-state index contributed by atoms with van der Waals surface area (Å²) in [6.07, 6.45) is 2.33. The fourth-order valence-electron chi connectivity index (χ4n) is 2.65. The number of carbonyl (C=O) groups excluding carboxylic acids is 3. The second kappa shape index (κ2) is 11.3. The maximum atomic E-state index is 12.7. The molecule has 0 saturated carbocycles. The molecule has 1 aromatic carbocycles. The lowest BCUT2D eigenvalue weighted by molar-refractivity contribution is -0.123. The monoisotopic (exact) mass is 472 g/mol. The smallest absolute Gasteiger partial charge is 0.341 e. The Morgan fingerprint density at radius 2 is 1.93 bits per heavy atom. The van der Waals surface area contributed by atoms with Crippen molar-refractivity contribution in [3.8, 4) is 0 Å². The Hall–Kier alpha value is -2.16. The van der Waals surface area contributed by atoms with Crippen molar-refractivity contribution < 1.29 is 23.5 Å². The van der Waals surface area contributed by atoms with Gasteiger partial charge in [-0.15, -0.1) is 0 Å². The van der Waals surface area contributed by atoms with Crippen LogP contribution in [0.15, 0.2) is 28.7 Å². The van der Waals surface area contributed by atoms with E-state index in [1.807, 2.05) is 6.26 Å². The van der Waals surface area contributed by atoms with E-state index in [-0.39, 0.29) is 23.0 Å². The second-order valence-electron chi connectivity index (χ2n) is 6.32. The molecule has 0 aliphatic rings. The molecule has 0 saturated heterocycles. The number of halogens is 2. The SMILES string of the molecule is COC(=O)c1cc(CNC(=O)C(CCSC)NC(=O)c2ccc(Cl)cc2Cl)oc1C. The molecule has 7 nitrogen and oxygen atoms in total. The van der Waals surface area contributed by atoms with E-state index in [0.29, 0.717) is 34.3 Å². The van der Waals surface area contributed by atoms with E-state index < -0.39 is 17.9 Å². The minimum absolute atomic E-state index is 0.0595. The highest BCUT2D eigenvalue weighted by Crippen LogP contribution is 2.21. The number of nitrogens with one attached hydrogen (secondary N) is 2. The van der Waals surface area contributed by atoms with Crippen LogP contribution in [0, 0.1) is 6.92 Å². The van der Waals surface area contributed by atoms with Gasteiger partial charge in [0.1, 0.15) is 23.1 Å². The number of hydrogen-bond acceptors (Lipinski definition) is 6. The van der Waals surface area contributed by atoms with E-state index in [0.717, 1.165) is 0 Å². The highest BCUT2D eigenvalue weighted by atomic mass is 35.5. The average Bonchev–Trinajstić information content (AvgIpc) is 3.09. The van der Waals surface area contributed by atoms with Gasteiger partial charge in [-0.3, -0.25) is 9.59 Å². The maximum absolute atomic E-state index is 12.7. The number of carbonyl (C=O) groups is 3. The summed E-state index contributed by atoms with van der Waals surface area (Å²) in [5.74, 6) is 0.0985. The van der Waals surface area contributed by atoms with Gasteiger partial charge in [-0.05, 0) is 49.6 Å². The van der Waals surface area contributed by atoms with Gasteiger partial charge in [-0.25, -0.2) is 4.79 Å². The quantitative estimate of drug-likeness (QED) is 0.537. The van der Waals surface area contributed by atoms with E-state index in [2.05, 4.69) is 15.4 Å². The molecular weight excluding hydrogens is 451 g/mol. The molecule has 2 amide bonds. The van der Waals surface area contributed by atoms with Crippen molar-refractivity contribution in [1.29, 1.82) is 0 Å². The lowest BCUT2D eigenvalue weighted by Crippen LogP contribution is -2.46. The summed E-state index contributed by atoms with van der Waals surface area (Å²) in [5, 5.41) is 6.04. The molecule has 0 radical (unpaired) electrons. The first kappa shape index (κ1) is 24.1. The Morgan fingerprint density at radius 1 is 1.20 bits per heavy atom. The lowest BCUT2D eigenvalue weighted by Gasteiger charge is -2.18. The summed E-state index contributed by atoms with van der Waals surface area (Å²) in [6.45, 7) is 1.69. The third-order valence-corrected chi connectivity index (χ3v) is 5.41. The number of esters is 1. The molecule has 162 valence electrons. The number of aryl methyl sites for hydroxylation is 1. The minimum atomic E-state index is -0.771. The van der Waals surface area contributed by atoms with E-state index >= 15 is 0 Å². The number of rotatable bonds is 9. The zero-order valence-electron chi connectivity index (χ0n) is 16.7. The third-order valence-electron chi connectivity index (χ3n) is 4.22. The highest BCUT2D eigenvalue weighted by molar-refractivity contribution is 7.98. The maximum Gasteiger partial charge on any atom is 0.341 e. The molecule has 1 unspecified atom stereocenters. The molecular formula is C20H22Cl2N2O5S. The molecule has 0 bridgehead atoms. The lowest BCUT2D eigenvalue weighted by atomic mass is 10.1. The molecule has 1 atom stereocenters. The van der Waals surface area contributed by atoms with Gasteiger partial charge in [0.15, 0.2) is 0 Å². The molecule has 10 heteroatoms. The van der Waals surface area contributed by atoms with Crippen LogP contribution in [0.1, 0.15) is 38.7 Å². The average molecular weight is 473 g/mol. The van der Waals surface area contributed by atoms with Crippen LogP contribution < -0.4 is 10.6 Å². The molecule has 2 rings (SSSR count). The Morgan fingerprint density at radius 3 is 2.57 bits per heavy atom. The Labute approximate surface area is 188 Å². The predicted molar refractivity (Wildman–Crippen MR) is 117 cm³/mol. The van der Waals surface area contributed by atoms with Gasteiger partial charge in [0, 0.05) is 5.02 Å². The highest BCUT2D eigenvalue weighted by Gasteiger charge is 2.23. The van der Waals surface area contributed by atoms with Gasteiger partial charge in [-0.2, -0.15) is 11.8 Å². The number of ether oxygens (including phenoxy) is 1. The van der Waals surface area contributed by atoms with Crippen LogP contribution in [-0.2, 0) is 16.1 Å². The van der Waals surface area contributed by atoms with Crippen LogP contribution in [0.4, 0.5) is 0 Å². The summed E-state index contributed by atoms with van der Waals surface area (Å²) in [6, 6.07) is 5.27. The van der Waals surface area contributed by atoms with Crippen molar-refractivity contribution in [2.24, 2.45) is 0 Å². The van der Waals surface area contributed by atoms with Crippen LogP contribution in [0.5, 0.6) is 0 Å². The second-order valence-corrected chi connectivity index (χ2v) is 8.15. The number of benzene rings is 1. The molecule has 2 N–H and O–H groups in total. The van der Waals surface area contributed by atoms with E-state index in [9.17, 15) is 14.4 Å². The summed E-state index contributed by atoms with van der Waals surface area (Å²) in [7, 11) is 1.28. The topological polar surface area (TPSA) is 97.6 Å². The van der Waals surface area contributed by atoms with Crippen molar-refractivity contribution >= 4 is 52.7 Å². The molecule has 2 aromatic rings. The van der Waals surface area contributed by atoms with Crippen molar-refractivity contribution in [1.82, 2.24) is 10.6 Å². The molecule has 0 aliphatic carbocycles. The first-order valence-electron chi connectivity index (χ1n) is 8.97. The standard InChI is InChI=1S/C20H22Cl2N2O5S/c1-11-15(20(27)28-2)9-13(29-11)10-23-19(26)17(6-7-30-3)24-18(25)14-5-4-12(21)8-16(14)22/h4-5,8-9,17H,6-7,10H2,1-3H3,(H,23,26)(H,24,25). The Kier molecular flexibility index (Phi) is 9.08. The Bertz CT molecular complexity index is 932. The molecule has 0 fully saturated rings. The van der Waals surface area contributed by atoms with Crippen LogP contribution in [-0.4, -0.2) is 42.9 Å². The molecule has 30 heavy (non-hydrogen) atoms. The fraction of sp³-hybridized carbons (Fsp3) is 0.350. The summed E-state index contributed by atoms with van der Waals surface area (Å²) >= 11 is 13.5. The predicted octanol–water partition coefficient (Wildman–Crippen LogP) is 3.85. The van der Waals surface area contributed by atoms with Crippen molar-refractivity contribution in [2.75, 3.05) is 19.1 Å². The van der Waals surface area contributed by atoms with Gasteiger partial charge >= 0.3 is 5.97 Å². The van der Waals surface area contributed by atoms with Gasteiger partial charge in [0.05, 0.1) is 24.2 Å².